The molecule has 3 aromatic rings. The lowest BCUT2D eigenvalue weighted by Gasteiger charge is -2.14. The molecule has 0 fully saturated rings. The molecule has 11 nitrogen and oxygen atoms in total. The molecule has 0 aliphatic carbocycles. The number of nitrogens with zero attached hydrogens (tertiary/aromatic N) is 3. The number of carbonyl (C=O) groups excluding carboxylic acids is 2. The maximum absolute atomic E-state index is 12.6. The average molecular weight is 416 g/mol. The van der Waals surface area contributed by atoms with Crippen LogP contribution < -0.4 is 14.8 Å². The summed E-state index contributed by atoms with van der Waals surface area (Å²) in [6.07, 6.45) is 1.86. The highest BCUT2D eigenvalue weighted by Crippen LogP contribution is 2.34. The summed E-state index contributed by atoms with van der Waals surface area (Å²) in [6, 6.07) is 6.12. The first-order valence-electron chi connectivity index (χ1n) is 8.74. The van der Waals surface area contributed by atoms with E-state index < -0.39 is 18.0 Å². The summed E-state index contributed by atoms with van der Waals surface area (Å²) in [5, 5.41) is 20.3. The van der Waals surface area contributed by atoms with Gasteiger partial charge in [-0.3, -0.25) is 4.79 Å². The third-order valence-electron chi connectivity index (χ3n) is 4.18. The Morgan fingerprint density at radius 3 is 2.60 bits per heavy atom. The fourth-order valence-corrected chi connectivity index (χ4v) is 2.69. The third-order valence-corrected chi connectivity index (χ3v) is 4.18. The number of aliphatic hydroxyl groups excluding tert-OH is 1. The summed E-state index contributed by atoms with van der Waals surface area (Å²) in [6.45, 7) is 0.0392. The molecule has 0 saturated carbocycles. The van der Waals surface area contributed by atoms with Crippen LogP contribution in [-0.2, 0) is 11.3 Å². The van der Waals surface area contributed by atoms with Gasteiger partial charge in [-0.05, 0) is 12.1 Å². The highest BCUT2D eigenvalue weighted by Gasteiger charge is 2.21. The monoisotopic (exact) mass is 416 g/mol. The summed E-state index contributed by atoms with van der Waals surface area (Å²) < 4.78 is 21.6. The van der Waals surface area contributed by atoms with Crippen LogP contribution in [0.4, 0.5) is 5.69 Å². The summed E-state index contributed by atoms with van der Waals surface area (Å²) in [5.41, 5.74) is 0.200. The largest absolute Gasteiger partial charge is 0.493 e. The number of aliphatic hydroxyl groups is 1. The van der Waals surface area contributed by atoms with Crippen LogP contribution in [-0.4, -0.2) is 53.3 Å². The van der Waals surface area contributed by atoms with Crippen molar-refractivity contribution in [1.29, 1.82) is 0 Å². The van der Waals surface area contributed by atoms with Crippen molar-refractivity contribution in [2.24, 2.45) is 0 Å². The van der Waals surface area contributed by atoms with Gasteiger partial charge in [-0.15, -0.1) is 5.10 Å². The van der Waals surface area contributed by atoms with Crippen molar-refractivity contribution in [2.75, 3.05) is 26.6 Å². The minimum Gasteiger partial charge on any atom is -0.493 e. The molecule has 0 saturated heterocycles. The quantitative estimate of drug-likeness (QED) is 0.525. The smallest absolute Gasteiger partial charge is 0.340 e. The first-order valence-corrected chi connectivity index (χ1v) is 8.74. The van der Waals surface area contributed by atoms with Crippen molar-refractivity contribution >= 4 is 17.6 Å². The van der Waals surface area contributed by atoms with Gasteiger partial charge in [0.25, 0.3) is 5.91 Å². The molecule has 0 spiro atoms. The van der Waals surface area contributed by atoms with Gasteiger partial charge in [0.1, 0.15) is 11.9 Å². The maximum atomic E-state index is 12.6. The van der Waals surface area contributed by atoms with Crippen LogP contribution in [0.25, 0.3) is 0 Å². The normalized spacial score (nSPS) is 11.6. The van der Waals surface area contributed by atoms with Crippen LogP contribution in [0.15, 0.2) is 41.1 Å². The van der Waals surface area contributed by atoms with Gasteiger partial charge in [0.15, 0.2) is 17.2 Å². The second-order valence-corrected chi connectivity index (χ2v) is 6.06. The van der Waals surface area contributed by atoms with E-state index >= 15 is 0 Å². The van der Waals surface area contributed by atoms with Gasteiger partial charge in [0, 0.05) is 12.1 Å². The molecule has 3 rings (SSSR count). The first-order chi connectivity index (χ1) is 14.5. The van der Waals surface area contributed by atoms with Crippen LogP contribution in [0.5, 0.6) is 11.5 Å². The molecule has 1 atom stereocenters. The lowest BCUT2D eigenvalue weighted by atomic mass is 10.1. The van der Waals surface area contributed by atoms with E-state index in [-0.39, 0.29) is 23.5 Å². The minimum atomic E-state index is -0.950. The molecule has 30 heavy (non-hydrogen) atoms. The lowest BCUT2D eigenvalue weighted by molar-refractivity contribution is 0.0601. The van der Waals surface area contributed by atoms with Crippen molar-refractivity contribution in [2.45, 2.75) is 12.6 Å². The molecule has 1 aromatic carbocycles. The third kappa shape index (κ3) is 4.41. The molecule has 2 N–H and O–H groups in total. The van der Waals surface area contributed by atoms with E-state index in [1.54, 1.807) is 12.1 Å². The number of rotatable bonds is 8. The van der Waals surface area contributed by atoms with E-state index in [9.17, 15) is 14.7 Å². The zero-order valence-corrected chi connectivity index (χ0v) is 16.5. The number of furan rings is 1. The Morgan fingerprint density at radius 2 is 1.97 bits per heavy atom. The van der Waals surface area contributed by atoms with Gasteiger partial charge in [0.2, 0.25) is 0 Å². The fraction of sp³-hybridized carbons (Fsp3) is 0.263. The van der Waals surface area contributed by atoms with Crippen molar-refractivity contribution in [1.82, 2.24) is 15.0 Å². The fourth-order valence-electron chi connectivity index (χ4n) is 2.69. The Kier molecular flexibility index (Phi) is 6.32. The van der Waals surface area contributed by atoms with E-state index in [0.29, 0.717) is 17.3 Å². The molecular formula is C19H20N4O7. The molecule has 0 unspecified atom stereocenters. The van der Waals surface area contributed by atoms with E-state index in [1.807, 2.05) is 0 Å². The molecule has 0 aliphatic heterocycles. The molecule has 2 heterocycles. The van der Waals surface area contributed by atoms with Gasteiger partial charge in [-0.1, -0.05) is 5.21 Å². The van der Waals surface area contributed by atoms with Crippen molar-refractivity contribution in [3.63, 3.8) is 0 Å². The van der Waals surface area contributed by atoms with E-state index in [1.165, 1.54) is 50.6 Å². The summed E-state index contributed by atoms with van der Waals surface area (Å²) in [7, 11) is 4.07. The number of benzene rings is 1. The molecular weight excluding hydrogens is 396 g/mol. The number of hydrogen-bond donors (Lipinski definition) is 2. The number of esters is 1. The van der Waals surface area contributed by atoms with Crippen LogP contribution in [0.1, 0.15) is 32.7 Å². The Balaban J connectivity index is 1.80. The summed E-state index contributed by atoms with van der Waals surface area (Å²) >= 11 is 0. The second-order valence-electron chi connectivity index (χ2n) is 6.06. The summed E-state index contributed by atoms with van der Waals surface area (Å²) in [5.74, 6) is -0.313. The molecule has 2 aromatic heterocycles. The number of methoxy groups -OCH3 is 3. The zero-order chi connectivity index (χ0) is 21.7. The number of nitrogens with one attached hydrogen (secondary N) is 1. The molecule has 0 radical (unpaired) electrons. The predicted octanol–water partition coefficient (Wildman–Crippen LogP) is 1.66. The second kappa shape index (κ2) is 9.09. The van der Waals surface area contributed by atoms with Crippen LogP contribution in [0, 0.1) is 0 Å². The van der Waals surface area contributed by atoms with E-state index in [4.69, 9.17) is 18.6 Å². The number of carbonyl (C=O) groups is 2. The number of ether oxygens (including phenoxy) is 3. The summed E-state index contributed by atoms with van der Waals surface area (Å²) in [4.78, 5) is 24.7. The number of aromatic nitrogens is 3. The van der Waals surface area contributed by atoms with Crippen molar-refractivity contribution < 1.29 is 33.3 Å². The minimum absolute atomic E-state index is 0.0211. The van der Waals surface area contributed by atoms with Gasteiger partial charge in [0.05, 0.1) is 51.6 Å². The van der Waals surface area contributed by atoms with Gasteiger partial charge in [-0.2, -0.15) is 0 Å². The van der Waals surface area contributed by atoms with Crippen LogP contribution >= 0.6 is 0 Å². The molecule has 11 heteroatoms. The SMILES string of the molecule is COC(=O)c1cc(OC)c(OC)cc1NC(=O)c1cn(C[C@H](O)c2ccco2)nn1. The first kappa shape index (κ1) is 20.9. The Hall–Kier alpha value is -3.86. The van der Waals surface area contributed by atoms with E-state index in [2.05, 4.69) is 15.6 Å². The van der Waals surface area contributed by atoms with Gasteiger partial charge >= 0.3 is 5.97 Å². The number of amides is 1. The topological polar surface area (TPSA) is 138 Å². The van der Waals surface area contributed by atoms with Crippen LogP contribution in [0.2, 0.25) is 0 Å². The molecule has 1 amide bonds. The zero-order valence-electron chi connectivity index (χ0n) is 16.5. The Bertz CT molecular complexity index is 1030. The lowest BCUT2D eigenvalue weighted by Crippen LogP contribution is -2.16. The van der Waals surface area contributed by atoms with E-state index in [0.717, 1.165) is 0 Å². The molecule has 0 bridgehead atoms. The maximum Gasteiger partial charge on any atom is 0.340 e. The number of anilines is 1. The average Bonchev–Trinajstić information content (AvgIpc) is 3.45. The molecule has 158 valence electrons. The Labute approximate surface area is 171 Å². The van der Waals surface area contributed by atoms with Crippen LogP contribution in [0.3, 0.4) is 0 Å². The van der Waals surface area contributed by atoms with Gasteiger partial charge < -0.3 is 29.1 Å². The molecule has 0 aliphatic rings. The van der Waals surface area contributed by atoms with Gasteiger partial charge in [-0.25, -0.2) is 9.48 Å². The standard InChI is InChI=1S/C19H20N4O7/c1-27-16-7-11(19(26)29-3)12(8-17(16)28-2)20-18(25)13-9-23(22-21-13)10-14(24)15-5-4-6-30-15/h4-9,14,24H,10H2,1-3H3,(H,20,25)/t14-/m0/s1. The highest BCUT2D eigenvalue weighted by molar-refractivity contribution is 6.07. The van der Waals surface area contributed by atoms with Crippen molar-refractivity contribution in [3.8, 4) is 11.5 Å². The Morgan fingerprint density at radius 1 is 1.23 bits per heavy atom. The highest BCUT2D eigenvalue weighted by atomic mass is 16.5. The van der Waals surface area contributed by atoms with Crippen molar-refractivity contribution in [3.05, 3.63) is 53.7 Å². The number of hydrogen-bond acceptors (Lipinski definition) is 9. The predicted molar refractivity (Wildman–Crippen MR) is 103 cm³/mol.